The molecule has 0 spiro atoms. The maximum Gasteiger partial charge on any atom is 0.244 e. The number of amides is 2. The summed E-state index contributed by atoms with van der Waals surface area (Å²) < 4.78 is 26.2. The Bertz CT molecular complexity index is 1210. The predicted molar refractivity (Wildman–Crippen MR) is 143 cm³/mol. The van der Waals surface area contributed by atoms with Gasteiger partial charge in [-0.3, -0.25) is 13.9 Å². The number of likely N-dealkylation sites (N-methyl/N-ethyl adjacent to an activating group) is 1. The van der Waals surface area contributed by atoms with Crippen molar-refractivity contribution in [3.05, 3.63) is 61.0 Å². The number of nitrogens with zero attached hydrogens (tertiary/aromatic N) is 2. The minimum Gasteiger partial charge on any atom is -0.355 e. The molecule has 2 aromatic rings. The minimum atomic E-state index is -3.99. The Kier molecular flexibility index (Phi) is 10.8. The minimum absolute atomic E-state index is 0.00979. The number of halogens is 5. The van der Waals surface area contributed by atoms with E-state index >= 15 is 0 Å². The lowest BCUT2D eigenvalue weighted by Gasteiger charge is -2.33. The van der Waals surface area contributed by atoms with Crippen molar-refractivity contribution in [1.82, 2.24) is 10.2 Å². The largest absolute Gasteiger partial charge is 0.355 e. The van der Waals surface area contributed by atoms with Crippen molar-refractivity contribution >= 4 is 85.5 Å². The number of benzene rings is 2. The molecule has 0 unspecified atom stereocenters. The van der Waals surface area contributed by atoms with Crippen molar-refractivity contribution in [2.24, 2.45) is 0 Å². The number of anilines is 1. The van der Waals surface area contributed by atoms with Crippen LogP contribution in [0.1, 0.15) is 25.8 Å². The van der Waals surface area contributed by atoms with E-state index in [2.05, 4.69) is 5.32 Å². The van der Waals surface area contributed by atoms with E-state index in [-0.39, 0.29) is 44.7 Å². The van der Waals surface area contributed by atoms with Crippen LogP contribution in [-0.4, -0.2) is 50.5 Å². The van der Waals surface area contributed by atoms with E-state index in [0.717, 1.165) is 10.6 Å². The second-order valence-electron chi connectivity index (χ2n) is 7.58. The molecule has 0 aliphatic carbocycles. The van der Waals surface area contributed by atoms with Crippen molar-refractivity contribution in [2.75, 3.05) is 23.7 Å². The Balaban J connectivity index is 2.52. The number of nitrogens with one attached hydrogen (secondary N) is 1. The third-order valence-electron chi connectivity index (χ3n) is 5.01. The van der Waals surface area contributed by atoms with Gasteiger partial charge >= 0.3 is 0 Å². The van der Waals surface area contributed by atoms with Gasteiger partial charge in [-0.2, -0.15) is 0 Å². The molecule has 192 valence electrons. The summed E-state index contributed by atoms with van der Waals surface area (Å²) in [5, 5.41) is 3.51. The summed E-state index contributed by atoms with van der Waals surface area (Å²) in [5.74, 6) is -1.01. The zero-order valence-electron chi connectivity index (χ0n) is 19.1. The standard InChI is InChI=1S/C22H24Cl5N3O4S/c1-4-19(22(32)28-5-2)29(11-13-6-7-14(23)15(24)8-13)21(31)12-30(35(3,33)34)20-10-17(26)16(25)9-18(20)27/h6-10,19H,4-5,11-12H2,1-3H3,(H,28,32)/t19-/m0/s1. The third-order valence-corrected chi connectivity index (χ3v) is 7.90. The topological polar surface area (TPSA) is 86.8 Å². The first kappa shape index (κ1) is 29.8. The Hall–Kier alpha value is -1.42. The summed E-state index contributed by atoms with van der Waals surface area (Å²) in [4.78, 5) is 27.7. The molecule has 0 bridgehead atoms. The van der Waals surface area contributed by atoms with E-state index in [1.807, 2.05) is 0 Å². The molecular formula is C22H24Cl5N3O4S. The monoisotopic (exact) mass is 601 g/mol. The summed E-state index contributed by atoms with van der Waals surface area (Å²) in [7, 11) is -3.99. The average Bonchev–Trinajstić information content (AvgIpc) is 2.76. The van der Waals surface area contributed by atoms with Gasteiger partial charge in [0.15, 0.2) is 0 Å². The SMILES string of the molecule is CCNC(=O)[C@H](CC)N(Cc1ccc(Cl)c(Cl)c1)C(=O)CN(c1cc(Cl)c(Cl)cc1Cl)S(C)(=O)=O. The molecule has 2 amide bonds. The van der Waals surface area contributed by atoms with Crippen LogP contribution < -0.4 is 9.62 Å². The van der Waals surface area contributed by atoms with Crippen molar-refractivity contribution in [3.63, 3.8) is 0 Å². The molecule has 2 rings (SSSR count). The number of hydrogen-bond acceptors (Lipinski definition) is 4. The van der Waals surface area contributed by atoms with Crippen LogP contribution in [0.5, 0.6) is 0 Å². The summed E-state index contributed by atoms with van der Waals surface area (Å²) in [6.07, 6.45) is 1.22. The highest BCUT2D eigenvalue weighted by molar-refractivity contribution is 7.92. The van der Waals surface area contributed by atoms with Gasteiger partial charge in [-0.15, -0.1) is 0 Å². The molecule has 0 saturated heterocycles. The van der Waals surface area contributed by atoms with Crippen LogP contribution in [0.25, 0.3) is 0 Å². The lowest BCUT2D eigenvalue weighted by Crippen LogP contribution is -2.52. The van der Waals surface area contributed by atoms with Gasteiger partial charge in [-0.1, -0.05) is 71.0 Å². The zero-order valence-corrected chi connectivity index (χ0v) is 23.7. The fourth-order valence-corrected chi connectivity index (χ4v) is 5.21. The summed E-state index contributed by atoms with van der Waals surface area (Å²) >= 11 is 30.4. The van der Waals surface area contributed by atoms with Crippen molar-refractivity contribution < 1.29 is 18.0 Å². The van der Waals surface area contributed by atoms with Gasteiger partial charge in [0.25, 0.3) is 0 Å². The lowest BCUT2D eigenvalue weighted by molar-refractivity contribution is -0.140. The van der Waals surface area contributed by atoms with E-state index in [1.54, 1.807) is 32.0 Å². The van der Waals surface area contributed by atoms with Crippen LogP contribution in [0.3, 0.4) is 0 Å². The number of carbonyl (C=O) groups is 2. The van der Waals surface area contributed by atoms with Crippen LogP contribution in [0.2, 0.25) is 25.1 Å². The van der Waals surface area contributed by atoms with Crippen molar-refractivity contribution in [1.29, 1.82) is 0 Å². The van der Waals surface area contributed by atoms with Gasteiger partial charge in [-0.05, 0) is 43.2 Å². The Morgan fingerprint density at radius 1 is 0.914 bits per heavy atom. The normalized spacial score (nSPS) is 12.2. The van der Waals surface area contributed by atoms with E-state index in [0.29, 0.717) is 17.1 Å². The molecule has 0 fully saturated rings. The highest BCUT2D eigenvalue weighted by Gasteiger charge is 2.32. The maximum absolute atomic E-state index is 13.6. The number of sulfonamides is 1. The predicted octanol–water partition coefficient (Wildman–Crippen LogP) is 5.66. The maximum atomic E-state index is 13.6. The summed E-state index contributed by atoms with van der Waals surface area (Å²) in [6, 6.07) is 6.52. The summed E-state index contributed by atoms with van der Waals surface area (Å²) in [6.45, 7) is 3.22. The molecule has 0 radical (unpaired) electrons. The average molecular weight is 604 g/mol. The smallest absolute Gasteiger partial charge is 0.244 e. The third kappa shape index (κ3) is 7.78. The molecule has 1 N–H and O–H groups in total. The van der Waals surface area contributed by atoms with Gasteiger partial charge < -0.3 is 10.2 Å². The van der Waals surface area contributed by atoms with Crippen LogP contribution in [0.4, 0.5) is 5.69 Å². The van der Waals surface area contributed by atoms with E-state index < -0.39 is 28.5 Å². The molecule has 2 aromatic carbocycles. The molecule has 35 heavy (non-hydrogen) atoms. The Labute approximate surface area is 230 Å². The van der Waals surface area contributed by atoms with Crippen LogP contribution >= 0.6 is 58.0 Å². The first-order valence-corrected chi connectivity index (χ1v) is 14.2. The van der Waals surface area contributed by atoms with Gasteiger partial charge in [0.2, 0.25) is 21.8 Å². The lowest BCUT2D eigenvalue weighted by atomic mass is 10.1. The molecule has 1 atom stereocenters. The molecule has 0 saturated carbocycles. The molecule has 0 aromatic heterocycles. The molecule has 0 heterocycles. The second-order valence-corrected chi connectivity index (χ2v) is 11.5. The van der Waals surface area contributed by atoms with E-state index in [4.69, 9.17) is 58.0 Å². The number of hydrogen-bond donors (Lipinski definition) is 1. The van der Waals surface area contributed by atoms with Crippen molar-refractivity contribution in [2.45, 2.75) is 32.9 Å². The Morgan fingerprint density at radius 3 is 2.06 bits per heavy atom. The molecule has 7 nitrogen and oxygen atoms in total. The fraction of sp³-hybridized carbons (Fsp3) is 0.364. The van der Waals surface area contributed by atoms with Gasteiger partial charge in [0, 0.05) is 13.1 Å². The zero-order chi connectivity index (χ0) is 26.5. The van der Waals surface area contributed by atoms with Crippen molar-refractivity contribution in [3.8, 4) is 0 Å². The molecule has 13 heteroatoms. The highest BCUT2D eigenvalue weighted by atomic mass is 35.5. The fourth-order valence-electron chi connectivity index (χ4n) is 3.34. The quantitative estimate of drug-likeness (QED) is 0.355. The van der Waals surface area contributed by atoms with E-state index in [9.17, 15) is 18.0 Å². The number of rotatable bonds is 10. The second kappa shape index (κ2) is 12.7. The van der Waals surface area contributed by atoms with E-state index in [1.165, 1.54) is 17.0 Å². The van der Waals surface area contributed by atoms with Crippen LogP contribution in [0, 0.1) is 0 Å². The van der Waals surface area contributed by atoms with Crippen LogP contribution in [-0.2, 0) is 26.2 Å². The highest BCUT2D eigenvalue weighted by Crippen LogP contribution is 2.35. The van der Waals surface area contributed by atoms with Crippen LogP contribution in [0.15, 0.2) is 30.3 Å². The molecule has 0 aliphatic rings. The molecular weight excluding hydrogens is 580 g/mol. The molecule has 0 aliphatic heterocycles. The first-order chi connectivity index (χ1) is 16.3. The van der Waals surface area contributed by atoms with Gasteiger partial charge in [0.05, 0.1) is 37.1 Å². The first-order valence-electron chi connectivity index (χ1n) is 10.4. The van der Waals surface area contributed by atoms with Gasteiger partial charge in [0.1, 0.15) is 12.6 Å². The number of carbonyl (C=O) groups excluding carboxylic acids is 2. The summed E-state index contributed by atoms with van der Waals surface area (Å²) in [5.41, 5.74) is 0.589. The van der Waals surface area contributed by atoms with Gasteiger partial charge in [-0.25, -0.2) is 8.42 Å². The Morgan fingerprint density at radius 2 is 1.51 bits per heavy atom.